The van der Waals surface area contributed by atoms with Crippen LogP contribution in [0, 0.1) is 11.8 Å². The van der Waals surface area contributed by atoms with E-state index in [9.17, 15) is 9.90 Å². The highest BCUT2D eigenvalue weighted by Crippen LogP contribution is 2.29. The van der Waals surface area contributed by atoms with Crippen molar-refractivity contribution in [1.29, 1.82) is 0 Å². The molecule has 1 aromatic carbocycles. The van der Waals surface area contributed by atoms with Crippen LogP contribution in [0.1, 0.15) is 44.1 Å². The molecular formula is C17H26N2O2. The van der Waals surface area contributed by atoms with E-state index in [1.807, 2.05) is 31.2 Å². The Hall–Kier alpha value is -1.55. The van der Waals surface area contributed by atoms with Crippen molar-refractivity contribution in [2.75, 3.05) is 18.9 Å². The van der Waals surface area contributed by atoms with Gasteiger partial charge in [0.25, 0.3) is 0 Å². The van der Waals surface area contributed by atoms with Gasteiger partial charge in [-0.05, 0) is 49.3 Å². The minimum absolute atomic E-state index is 0.0304. The van der Waals surface area contributed by atoms with E-state index in [1.54, 1.807) is 0 Å². The Morgan fingerprint density at radius 2 is 2.10 bits per heavy atom. The van der Waals surface area contributed by atoms with Gasteiger partial charge >= 0.3 is 0 Å². The van der Waals surface area contributed by atoms with Crippen molar-refractivity contribution in [3.63, 3.8) is 0 Å². The summed E-state index contributed by atoms with van der Waals surface area (Å²) in [7, 11) is 0. The summed E-state index contributed by atoms with van der Waals surface area (Å²) >= 11 is 0. The first-order valence-electron chi connectivity index (χ1n) is 7.85. The lowest BCUT2D eigenvalue weighted by atomic mass is 9.79. The van der Waals surface area contributed by atoms with Crippen LogP contribution in [0.25, 0.3) is 0 Å². The molecule has 0 aromatic heterocycles. The van der Waals surface area contributed by atoms with Crippen molar-refractivity contribution in [2.24, 2.45) is 11.8 Å². The number of nitrogens with two attached hydrogens (primary N) is 1. The predicted molar refractivity (Wildman–Crippen MR) is 84.8 cm³/mol. The van der Waals surface area contributed by atoms with Crippen molar-refractivity contribution < 1.29 is 9.90 Å². The number of aliphatic hydroxyl groups is 1. The lowest BCUT2D eigenvalue weighted by Gasteiger charge is -2.30. The van der Waals surface area contributed by atoms with Gasteiger partial charge in [0.2, 0.25) is 5.91 Å². The summed E-state index contributed by atoms with van der Waals surface area (Å²) in [5, 5.41) is 12.5. The number of amides is 1. The van der Waals surface area contributed by atoms with Crippen LogP contribution in [0.2, 0.25) is 0 Å². The highest BCUT2D eigenvalue weighted by Gasteiger charge is 2.25. The lowest BCUT2D eigenvalue weighted by Crippen LogP contribution is -2.37. The van der Waals surface area contributed by atoms with E-state index < -0.39 is 0 Å². The first-order chi connectivity index (χ1) is 10.1. The normalized spacial score (nSPS) is 23.5. The molecule has 4 nitrogen and oxygen atoms in total. The molecule has 0 spiro atoms. The van der Waals surface area contributed by atoms with Gasteiger partial charge < -0.3 is 16.2 Å². The zero-order valence-electron chi connectivity index (χ0n) is 12.7. The second-order valence-electron chi connectivity index (χ2n) is 6.12. The molecule has 1 aliphatic carbocycles. The maximum Gasteiger partial charge on any atom is 0.227 e. The number of carbonyl (C=O) groups excluding carboxylic acids is 1. The second kappa shape index (κ2) is 7.46. The number of aliphatic hydroxyl groups excluding tert-OH is 1. The van der Waals surface area contributed by atoms with Gasteiger partial charge in [-0.1, -0.05) is 25.0 Å². The molecule has 3 atom stereocenters. The smallest absolute Gasteiger partial charge is 0.227 e. The van der Waals surface area contributed by atoms with Crippen molar-refractivity contribution in [2.45, 2.75) is 38.5 Å². The molecule has 2 rings (SSSR count). The van der Waals surface area contributed by atoms with Crippen LogP contribution < -0.4 is 11.1 Å². The van der Waals surface area contributed by atoms with Gasteiger partial charge in [0.1, 0.15) is 0 Å². The number of nitrogen functional groups attached to an aromatic ring is 1. The summed E-state index contributed by atoms with van der Waals surface area (Å²) in [6.45, 7) is 2.79. The number of hydrogen-bond acceptors (Lipinski definition) is 3. The largest absolute Gasteiger partial charge is 0.399 e. The molecule has 0 saturated heterocycles. The first-order valence-corrected chi connectivity index (χ1v) is 7.85. The number of anilines is 1. The molecule has 0 bridgehead atoms. The Balaban J connectivity index is 1.89. The van der Waals surface area contributed by atoms with Crippen molar-refractivity contribution in [3.05, 3.63) is 29.8 Å². The molecule has 0 radical (unpaired) electrons. The third kappa shape index (κ3) is 4.21. The van der Waals surface area contributed by atoms with Gasteiger partial charge in [0, 0.05) is 18.8 Å². The van der Waals surface area contributed by atoms with Crippen LogP contribution in [0.3, 0.4) is 0 Å². The highest BCUT2D eigenvalue weighted by atomic mass is 16.3. The van der Waals surface area contributed by atoms with Gasteiger partial charge in [-0.15, -0.1) is 0 Å². The van der Waals surface area contributed by atoms with Crippen LogP contribution in [0.5, 0.6) is 0 Å². The summed E-state index contributed by atoms with van der Waals surface area (Å²) < 4.78 is 0. The van der Waals surface area contributed by atoms with Crippen LogP contribution in [0.15, 0.2) is 24.3 Å². The second-order valence-corrected chi connectivity index (χ2v) is 6.12. The van der Waals surface area contributed by atoms with Gasteiger partial charge in [0.15, 0.2) is 0 Å². The number of rotatable bonds is 5. The molecule has 3 unspecified atom stereocenters. The maximum absolute atomic E-state index is 12.3. The number of benzene rings is 1. The van der Waals surface area contributed by atoms with Gasteiger partial charge in [-0.3, -0.25) is 4.79 Å². The van der Waals surface area contributed by atoms with Gasteiger partial charge in [0.05, 0.1) is 5.92 Å². The quantitative estimate of drug-likeness (QED) is 0.728. The number of nitrogens with one attached hydrogen (secondary N) is 1. The molecular weight excluding hydrogens is 264 g/mol. The Morgan fingerprint density at radius 1 is 1.38 bits per heavy atom. The number of hydrogen-bond donors (Lipinski definition) is 3. The maximum atomic E-state index is 12.3. The molecule has 1 aromatic rings. The van der Waals surface area contributed by atoms with E-state index in [0.29, 0.717) is 24.1 Å². The summed E-state index contributed by atoms with van der Waals surface area (Å²) in [5.74, 6) is 0.565. The Labute approximate surface area is 126 Å². The minimum atomic E-state index is -0.204. The van der Waals surface area contributed by atoms with Crippen molar-refractivity contribution >= 4 is 11.6 Å². The monoisotopic (exact) mass is 290 g/mol. The Bertz CT molecular complexity index is 476. The molecule has 116 valence electrons. The zero-order chi connectivity index (χ0) is 15.2. The van der Waals surface area contributed by atoms with Crippen LogP contribution in [0.4, 0.5) is 5.69 Å². The van der Waals surface area contributed by atoms with Crippen molar-refractivity contribution in [1.82, 2.24) is 5.32 Å². The van der Waals surface area contributed by atoms with E-state index in [1.165, 1.54) is 12.8 Å². The topological polar surface area (TPSA) is 75.3 Å². The SMILES string of the molecule is CC(C(=O)NCC1CCCCC1CO)c1cccc(N)c1. The summed E-state index contributed by atoms with van der Waals surface area (Å²) in [5.41, 5.74) is 7.38. The fourth-order valence-corrected chi connectivity index (χ4v) is 3.16. The van der Waals surface area contributed by atoms with Gasteiger partial charge in [-0.25, -0.2) is 0 Å². The summed E-state index contributed by atoms with van der Waals surface area (Å²) in [6.07, 6.45) is 4.55. The van der Waals surface area contributed by atoms with E-state index in [-0.39, 0.29) is 18.4 Å². The minimum Gasteiger partial charge on any atom is -0.399 e. The highest BCUT2D eigenvalue weighted by molar-refractivity contribution is 5.83. The number of carbonyl (C=O) groups is 1. The standard InChI is InChI=1S/C17H26N2O2/c1-12(13-7-4-8-16(18)9-13)17(21)19-10-14-5-2-3-6-15(14)11-20/h4,7-9,12,14-15,20H,2-3,5-6,10-11,18H2,1H3,(H,19,21). The molecule has 1 aliphatic rings. The Kier molecular flexibility index (Phi) is 5.62. The third-order valence-corrected chi connectivity index (χ3v) is 4.64. The summed E-state index contributed by atoms with van der Waals surface area (Å²) in [4.78, 5) is 12.3. The van der Waals surface area contributed by atoms with E-state index in [4.69, 9.17) is 5.73 Å². The lowest BCUT2D eigenvalue weighted by molar-refractivity contribution is -0.122. The van der Waals surface area contributed by atoms with Crippen LogP contribution in [-0.4, -0.2) is 24.2 Å². The first kappa shape index (κ1) is 15.8. The molecule has 21 heavy (non-hydrogen) atoms. The Morgan fingerprint density at radius 3 is 2.76 bits per heavy atom. The van der Waals surface area contributed by atoms with Gasteiger partial charge in [-0.2, -0.15) is 0 Å². The van der Waals surface area contributed by atoms with E-state index >= 15 is 0 Å². The average molecular weight is 290 g/mol. The molecule has 4 heteroatoms. The molecule has 1 saturated carbocycles. The van der Waals surface area contributed by atoms with Crippen LogP contribution >= 0.6 is 0 Å². The molecule has 1 amide bonds. The average Bonchev–Trinajstić information content (AvgIpc) is 2.52. The van der Waals surface area contributed by atoms with E-state index in [2.05, 4.69) is 5.32 Å². The molecule has 4 N–H and O–H groups in total. The molecule has 1 fully saturated rings. The molecule has 0 aliphatic heterocycles. The fraction of sp³-hybridized carbons (Fsp3) is 0.588. The van der Waals surface area contributed by atoms with Crippen molar-refractivity contribution in [3.8, 4) is 0 Å². The zero-order valence-corrected chi connectivity index (χ0v) is 12.7. The molecule has 0 heterocycles. The third-order valence-electron chi connectivity index (χ3n) is 4.64. The van der Waals surface area contributed by atoms with Crippen LogP contribution in [-0.2, 0) is 4.79 Å². The fourth-order valence-electron chi connectivity index (χ4n) is 3.16. The van der Waals surface area contributed by atoms with E-state index in [0.717, 1.165) is 18.4 Å². The predicted octanol–water partition coefficient (Wildman–Crippen LogP) is 2.29. The summed E-state index contributed by atoms with van der Waals surface area (Å²) in [6, 6.07) is 7.47.